The molecule has 31 heavy (non-hydrogen) atoms. The summed E-state index contributed by atoms with van der Waals surface area (Å²) in [7, 11) is -3.15. The van der Waals surface area contributed by atoms with Crippen molar-refractivity contribution in [1.82, 2.24) is 9.99 Å². The Bertz CT molecular complexity index is 1200. The van der Waals surface area contributed by atoms with Gasteiger partial charge in [0.25, 0.3) is 5.91 Å². The molecule has 0 saturated carbocycles. The number of benzene rings is 1. The second-order valence-electron chi connectivity index (χ2n) is 8.17. The van der Waals surface area contributed by atoms with Crippen LogP contribution >= 0.6 is 11.3 Å². The smallest absolute Gasteiger partial charge is 0.273 e. The molecule has 1 aromatic carbocycles. The summed E-state index contributed by atoms with van der Waals surface area (Å²) in [5.41, 5.74) is 4.83. The Hall–Kier alpha value is -2.59. The van der Waals surface area contributed by atoms with Gasteiger partial charge in [-0.1, -0.05) is 12.1 Å². The molecule has 2 aliphatic heterocycles. The summed E-state index contributed by atoms with van der Waals surface area (Å²) in [6, 6.07) is 5.90. The van der Waals surface area contributed by atoms with Crippen molar-refractivity contribution in [3.8, 4) is 11.3 Å². The molecule has 1 saturated heterocycles. The minimum atomic E-state index is -3.15. The molecule has 1 N–H and O–H groups in total. The minimum absolute atomic E-state index is 0.0447. The van der Waals surface area contributed by atoms with E-state index in [-0.39, 0.29) is 36.0 Å². The summed E-state index contributed by atoms with van der Waals surface area (Å²) >= 11 is 1.34. The SMILES string of the molecule is O=C(Nc1nc(-c2ccc3c(c2)CCC3)cs1)C1=NN(C2CCS(=O)(=O)C2)C(=O)CC1. The molecule has 1 fully saturated rings. The van der Waals surface area contributed by atoms with Crippen LogP contribution in [0.2, 0.25) is 0 Å². The number of anilines is 1. The first-order chi connectivity index (χ1) is 14.9. The highest BCUT2D eigenvalue weighted by Crippen LogP contribution is 2.30. The molecule has 0 bridgehead atoms. The van der Waals surface area contributed by atoms with Crippen LogP contribution in [0.1, 0.15) is 36.8 Å². The average molecular weight is 459 g/mol. The fourth-order valence-electron chi connectivity index (χ4n) is 4.35. The van der Waals surface area contributed by atoms with Crippen LogP contribution in [0.5, 0.6) is 0 Å². The summed E-state index contributed by atoms with van der Waals surface area (Å²) in [5.74, 6) is -0.711. The van der Waals surface area contributed by atoms with Crippen LogP contribution in [0.25, 0.3) is 11.3 Å². The third-order valence-corrected chi connectivity index (χ3v) is 8.50. The van der Waals surface area contributed by atoms with Crippen molar-refractivity contribution in [3.63, 3.8) is 0 Å². The Morgan fingerprint density at radius 3 is 2.81 bits per heavy atom. The van der Waals surface area contributed by atoms with Crippen molar-refractivity contribution in [2.24, 2.45) is 5.10 Å². The molecule has 1 aliphatic carbocycles. The number of hydrazone groups is 1. The van der Waals surface area contributed by atoms with E-state index in [9.17, 15) is 18.0 Å². The highest BCUT2D eigenvalue weighted by molar-refractivity contribution is 7.91. The molecule has 2 amide bonds. The van der Waals surface area contributed by atoms with E-state index in [1.807, 2.05) is 5.38 Å². The van der Waals surface area contributed by atoms with Gasteiger partial charge in [0.05, 0.1) is 23.2 Å². The van der Waals surface area contributed by atoms with Crippen molar-refractivity contribution < 1.29 is 18.0 Å². The van der Waals surface area contributed by atoms with Crippen molar-refractivity contribution in [2.45, 2.75) is 44.6 Å². The van der Waals surface area contributed by atoms with E-state index in [2.05, 4.69) is 33.6 Å². The lowest BCUT2D eigenvalue weighted by atomic mass is 10.1. The van der Waals surface area contributed by atoms with Crippen molar-refractivity contribution in [3.05, 3.63) is 34.7 Å². The van der Waals surface area contributed by atoms with E-state index in [1.54, 1.807) is 0 Å². The number of aryl methyl sites for hydroxylation is 2. The normalized spacial score (nSPS) is 22.3. The number of fused-ring (bicyclic) bond motifs is 1. The van der Waals surface area contributed by atoms with Gasteiger partial charge in [-0.15, -0.1) is 11.3 Å². The number of carbonyl (C=O) groups is 2. The molecule has 1 aromatic heterocycles. The molecular weight excluding hydrogens is 436 g/mol. The van der Waals surface area contributed by atoms with E-state index < -0.39 is 21.8 Å². The van der Waals surface area contributed by atoms with Gasteiger partial charge in [0.1, 0.15) is 5.71 Å². The maximum Gasteiger partial charge on any atom is 0.273 e. The standard InChI is InChI=1S/C21H22N4O4S2/c26-19-7-6-17(24-25(19)16-8-9-31(28,29)12-16)20(27)23-21-22-18(11-30-21)15-5-4-13-2-1-3-14(13)10-15/h4-5,10-11,16H,1-3,6-9,12H2,(H,22,23,27). The summed E-state index contributed by atoms with van der Waals surface area (Å²) in [6.07, 6.45) is 4.12. The predicted octanol–water partition coefficient (Wildman–Crippen LogP) is 2.40. The number of nitrogens with zero attached hydrogens (tertiary/aromatic N) is 3. The van der Waals surface area contributed by atoms with Gasteiger partial charge in [-0.3, -0.25) is 14.9 Å². The van der Waals surface area contributed by atoms with E-state index in [0.717, 1.165) is 24.1 Å². The maximum atomic E-state index is 12.7. The number of aromatic nitrogens is 1. The van der Waals surface area contributed by atoms with Crippen LogP contribution in [0.15, 0.2) is 28.7 Å². The van der Waals surface area contributed by atoms with Gasteiger partial charge in [0.2, 0.25) is 5.91 Å². The molecule has 3 heterocycles. The summed E-state index contributed by atoms with van der Waals surface area (Å²) in [4.78, 5) is 29.5. The third kappa shape index (κ3) is 4.14. The molecule has 2 aromatic rings. The Morgan fingerprint density at radius 2 is 2.00 bits per heavy atom. The third-order valence-electron chi connectivity index (χ3n) is 5.99. The van der Waals surface area contributed by atoms with Crippen LogP contribution in [-0.2, 0) is 32.3 Å². The number of nitrogens with one attached hydrogen (secondary N) is 1. The Kier molecular flexibility index (Phi) is 5.13. The molecule has 3 aliphatic rings. The number of sulfone groups is 1. The van der Waals surface area contributed by atoms with Gasteiger partial charge in [-0.2, -0.15) is 5.10 Å². The highest BCUT2D eigenvalue weighted by atomic mass is 32.2. The first kappa shape index (κ1) is 20.3. The summed E-state index contributed by atoms with van der Waals surface area (Å²) in [6.45, 7) is 0. The number of carbonyl (C=O) groups excluding carboxylic acids is 2. The van der Waals surface area contributed by atoms with Crippen LogP contribution in [0.3, 0.4) is 0 Å². The van der Waals surface area contributed by atoms with Crippen molar-refractivity contribution >= 4 is 43.8 Å². The predicted molar refractivity (Wildman–Crippen MR) is 119 cm³/mol. The number of thiazole rings is 1. The number of rotatable bonds is 4. The topological polar surface area (TPSA) is 109 Å². The van der Waals surface area contributed by atoms with Gasteiger partial charge in [-0.25, -0.2) is 18.4 Å². The molecule has 0 radical (unpaired) electrons. The Balaban J connectivity index is 1.30. The van der Waals surface area contributed by atoms with E-state index >= 15 is 0 Å². The van der Waals surface area contributed by atoms with E-state index in [4.69, 9.17) is 0 Å². The zero-order valence-corrected chi connectivity index (χ0v) is 18.5. The highest BCUT2D eigenvalue weighted by Gasteiger charge is 2.37. The minimum Gasteiger partial charge on any atom is -0.297 e. The van der Waals surface area contributed by atoms with Crippen molar-refractivity contribution in [1.29, 1.82) is 0 Å². The monoisotopic (exact) mass is 458 g/mol. The van der Waals surface area contributed by atoms with Gasteiger partial charge >= 0.3 is 0 Å². The second kappa shape index (κ2) is 7.83. The van der Waals surface area contributed by atoms with Gasteiger partial charge in [0.15, 0.2) is 15.0 Å². The van der Waals surface area contributed by atoms with Crippen molar-refractivity contribution in [2.75, 3.05) is 16.8 Å². The maximum absolute atomic E-state index is 12.7. The molecule has 8 nitrogen and oxygen atoms in total. The average Bonchev–Trinajstić information content (AvgIpc) is 3.47. The molecule has 162 valence electrons. The van der Waals surface area contributed by atoms with Crippen LogP contribution in [0, 0.1) is 0 Å². The Morgan fingerprint density at radius 1 is 1.16 bits per heavy atom. The van der Waals surface area contributed by atoms with Crippen LogP contribution in [-0.4, -0.2) is 53.5 Å². The fourth-order valence-corrected chi connectivity index (χ4v) is 6.76. The fraction of sp³-hybridized carbons (Fsp3) is 0.429. The zero-order valence-electron chi connectivity index (χ0n) is 16.8. The second-order valence-corrected chi connectivity index (χ2v) is 11.3. The molecule has 10 heteroatoms. The van der Waals surface area contributed by atoms with E-state index in [1.165, 1.54) is 33.9 Å². The quantitative estimate of drug-likeness (QED) is 0.757. The number of amides is 2. The van der Waals surface area contributed by atoms with Gasteiger partial charge < -0.3 is 0 Å². The number of hydrogen-bond acceptors (Lipinski definition) is 7. The Labute approximate surface area is 184 Å². The molecule has 0 spiro atoms. The van der Waals surface area contributed by atoms with Crippen LogP contribution < -0.4 is 5.32 Å². The van der Waals surface area contributed by atoms with Gasteiger partial charge in [-0.05, 0) is 42.9 Å². The lowest BCUT2D eigenvalue weighted by Gasteiger charge is -2.27. The zero-order chi connectivity index (χ0) is 21.6. The lowest BCUT2D eigenvalue weighted by Crippen LogP contribution is -2.42. The van der Waals surface area contributed by atoms with E-state index in [0.29, 0.717) is 11.6 Å². The first-order valence-electron chi connectivity index (χ1n) is 10.4. The molecule has 1 atom stereocenters. The van der Waals surface area contributed by atoms with Crippen LogP contribution in [0.4, 0.5) is 5.13 Å². The van der Waals surface area contributed by atoms with Gasteiger partial charge in [0, 0.05) is 23.8 Å². The first-order valence-corrected chi connectivity index (χ1v) is 13.1. The number of hydrogen-bond donors (Lipinski definition) is 1. The molecule has 1 unspecified atom stereocenters. The summed E-state index contributed by atoms with van der Waals surface area (Å²) in [5, 5.41) is 10.6. The largest absolute Gasteiger partial charge is 0.297 e. The lowest BCUT2D eigenvalue weighted by molar-refractivity contribution is -0.133. The molecule has 5 rings (SSSR count). The summed E-state index contributed by atoms with van der Waals surface area (Å²) < 4.78 is 23.5. The molecular formula is C21H22N4O4S2.